The lowest BCUT2D eigenvalue weighted by Gasteiger charge is -2.28. The molecule has 0 saturated carbocycles. The third-order valence-corrected chi connectivity index (χ3v) is 6.69. The Morgan fingerprint density at radius 1 is 1.13 bits per heavy atom. The van der Waals surface area contributed by atoms with Crippen molar-refractivity contribution in [2.24, 2.45) is 0 Å². The molecule has 2 aliphatic rings. The Bertz CT molecular complexity index is 938. The van der Waals surface area contributed by atoms with E-state index in [1.165, 1.54) is 6.92 Å². The molecule has 166 valence electrons. The smallest absolute Gasteiger partial charge is 0.242 e. The van der Waals surface area contributed by atoms with E-state index < -0.39 is 0 Å². The van der Waals surface area contributed by atoms with Crippen LogP contribution in [-0.4, -0.2) is 54.2 Å². The molecule has 0 bridgehead atoms. The first-order valence-corrected chi connectivity index (χ1v) is 11.4. The minimum absolute atomic E-state index is 0.0125. The standard InChI is InChI=1S/C23H28N2O5S/c1-16-7-9-31-22(16)13-25(11-18-5-6-20-21(10-18)30-15-29-20)23(27)14-24(17(2)26)12-19-4-3-8-28-19/h5-7,9-10,19H,3-4,8,11-15H2,1-2H3. The van der Waals surface area contributed by atoms with Crippen molar-refractivity contribution in [2.75, 3.05) is 26.5 Å². The van der Waals surface area contributed by atoms with Crippen LogP contribution in [-0.2, 0) is 27.4 Å². The van der Waals surface area contributed by atoms with Crippen LogP contribution in [0.25, 0.3) is 0 Å². The molecule has 1 aromatic carbocycles. The van der Waals surface area contributed by atoms with Gasteiger partial charge in [0.1, 0.15) is 0 Å². The van der Waals surface area contributed by atoms with E-state index >= 15 is 0 Å². The van der Waals surface area contributed by atoms with Gasteiger partial charge in [-0.2, -0.15) is 0 Å². The monoisotopic (exact) mass is 444 g/mol. The fourth-order valence-corrected chi connectivity index (χ4v) is 4.75. The summed E-state index contributed by atoms with van der Waals surface area (Å²) < 4.78 is 16.6. The average Bonchev–Trinajstić information content (AvgIpc) is 3.49. The Morgan fingerprint density at radius 3 is 2.68 bits per heavy atom. The predicted octanol–water partition coefficient (Wildman–Crippen LogP) is 3.34. The van der Waals surface area contributed by atoms with Gasteiger partial charge < -0.3 is 24.0 Å². The molecule has 31 heavy (non-hydrogen) atoms. The summed E-state index contributed by atoms with van der Waals surface area (Å²) in [6, 6.07) is 7.79. The van der Waals surface area contributed by atoms with Gasteiger partial charge in [-0.1, -0.05) is 6.07 Å². The summed E-state index contributed by atoms with van der Waals surface area (Å²) >= 11 is 1.64. The van der Waals surface area contributed by atoms with Crippen LogP contribution in [0.1, 0.15) is 35.8 Å². The number of hydrogen-bond donors (Lipinski definition) is 0. The molecule has 0 N–H and O–H groups in total. The molecule has 1 aromatic heterocycles. The first kappa shape index (κ1) is 21.6. The van der Waals surface area contributed by atoms with Gasteiger partial charge in [-0.15, -0.1) is 11.3 Å². The molecule has 2 amide bonds. The van der Waals surface area contributed by atoms with Crippen molar-refractivity contribution in [1.29, 1.82) is 0 Å². The molecular formula is C23H28N2O5S. The second-order valence-electron chi connectivity index (χ2n) is 8.00. The minimum atomic E-state index is -0.112. The van der Waals surface area contributed by atoms with E-state index in [9.17, 15) is 9.59 Å². The molecule has 2 aromatic rings. The van der Waals surface area contributed by atoms with Crippen LogP contribution in [0.3, 0.4) is 0 Å². The summed E-state index contributed by atoms with van der Waals surface area (Å²) in [5, 5.41) is 2.03. The van der Waals surface area contributed by atoms with Gasteiger partial charge in [0.05, 0.1) is 19.2 Å². The molecule has 8 heteroatoms. The largest absolute Gasteiger partial charge is 0.454 e. The van der Waals surface area contributed by atoms with Crippen molar-refractivity contribution in [3.63, 3.8) is 0 Å². The number of carbonyl (C=O) groups excluding carboxylic acids is 2. The van der Waals surface area contributed by atoms with Crippen LogP contribution in [0.2, 0.25) is 0 Å². The molecule has 1 unspecified atom stereocenters. The molecule has 1 saturated heterocycles. The van der Waals surface area contributed by atoms with Crippen molar-refractivity contribution in [3.05, 3.63) is 45.6 Å². The zero-order chi connectivity index (χ0) is 21.8. The number of thiophene rings is 1. The van der Waals surface area contributed by atoms with Gasteiger partial charge in [-0.25, -0.2) is 0 Å². The molecular weight excluding hydrogens is 416 g/mol. The van der Waals surface area contributed by atoms with E-state index in [-0.39, 0.29) is 31.3 Å². The fraction of sp³-hybridized carbons (Fsp3) is 0.478. The van der Waals surface area contributed by atoms with E-state index in [0.717, 1.165) is 41.2 Å². The van der Waals surface area contributed by atoms with Gasteiger partial charge in [0.2, 0.25) is 18.6 Å². The van der Waals surface area contributed by atoms with E-state index in [2.05, 4.69) is 6.07 Å². The van der Waals surface area contributed by atoms with Gasteiger partial charge in [0.15, 0.2) is 11.5 Å². The zero-order valence-corrected chi connectivity index (χ0v) is 18.8. The fourth-order valence-electron chi connectivity index (χ4n) is 3.83. The van der Waals surface area contributed by atoms with Crippen molar-refractivity contribution in [1.82, 2.24) is 9.80 Å². The molecule has 0 spiro atoms. The quantitative estimate of drug-likeness (QED) is 0.625. The molecule has 4 rings (SSSR count). The summed E-state index contributed by atoms with van der Waals surface area (Å²) in [4.78, 5) is 30.1. The number of amides is 2. The van der Waals surface area contributed by atoms with E-state index in [0.29, 0.717) is 25.4 Å². The van der Waals surface area contributed by atoms with Gasteiger partial charge in [0.25, 0.3) is 0 Å². The summed E-state index contributed by atoms with van der Waals surface area (Å²) in [6.07, 6.45) is 1.93. The van der Waals surface area contributed by atoms with Crippen molar-refractivity contribution >= 4 is 23.2 Å². The highest BCUT2D eigenvalue weighted by Gasteiger charge is 2.25. The Hall–Kier alpha value is -2.58. The molecule has 7 nitrogen and oxygen atoms in total. The highest BCUT2D eigenvalue weighted by molar-refractivity contribution is 7.10. The lowest BCUT2D eigenvalue weighted by atomic mass is 10.1. The highest BCUT2D eigenvalue weighted by atomic mass is 32.1. The van der Waals surface area contributed by atoms with Crippen LogP contribution < -0.4 is 9.47 Å². The summed E-state index contributed by atoms with van der Waals surface area (Å²) in [6.45, 7) is 5.93. The number of carbonyl (C=O) groups is 2. The van der Waals surface area contributed by atoms with Crippen molar-refractivity contribution in [3.8, 4) is 11.5 Å². The van der Waals surface area contributed by atoms with Gasteiger partial charge in [0, 0.05) is 31.5 Å². The Kier molecular flexibility index (Phi) is 6.77. The minimum Gasteiger partial charge on any atom is -0.454 e. The molecule has 0 aliphatic carbocycles. The normalized spacial score (nSPS) is 17.0. The molecule has 0 radical (unpaired) electrons. The summed E-state index contributed by atoms with van der Waals surface area (Å²) in [5.74, 6) is 1.22. The third kappa shape index (κ3) is 5.37. The van der Waals surface area contributed by atoms with Crippen molar-refractivity contribution in [2.45, 2.75) is 45.9 Å². The number of fused-ring (bicyclic) bond motifs is 1. The number of ether oxygens (including phenoxy) is 3. The first-order valence-electron chi connectivity index (χ1n) is 10.6. The van der Waals surface area contributed by atoms with Crippen LogP contribution in [0, 0.1) is 6.92 Å². The van der Waals surface area contributed by atoms with Gasteiger partial charge in [-0.3, -0.25) is 9.59 Å². The van der Waals surface area contributed by atoms with Crippen LogP contribution in [0.5, 0.6) is 11.5 Å². The van der Waals surface area contributed by atoms with Crippen LogP contribution in [0.4, 0.5) is 0 Å². The molecule has 1 fully saturated rings. The van der Waals surface area contributed by atoms with E-state index in [1.807, 2.05) is 35.4 Å². The number of hydrogen-bond acceptors (Lipinski definition) is 6. The Morgan fingerprint density at radius 2 is 1.97 bits per heavy atom. The zero-order valence-electron chi connectivity index (χ0n) is 18.0. The third-order valence-electron chi connectivity index (χ3n) is 5.69. The Balaban J connectivity index is 1.50. The predicted molar refractivity (Wildman–Crippen MR) is 117 cm³/mol. The topological polar surface area (TPSA) is 68.3 Å². The summed E-state index contributed by atoms with van der Waals surface area (Å²) in [5.41, 5.74) is 2.12. The van der Waals surface area contributed by atoms with Gasteiger partial charge >= 0.3 is 0 Å². The van der Waals surface area contributed by atoms with E-state index in [1.54, 1.807) is 16.2 Å². The van der Waals surface area contributed by atoms with Crippen LogP contribution in [0.15, 0.2) is 29.6 Å². The lowest BCUT2D eigenvalue weighted by Crippen LogP contribution is -2.44. The first-order chi connectivity index (χ1) is 15.0. The second-order valence-corrected chi connectivity index (χ2v) is 9.00. The highest BCUT2D eigenvalue weighted by Crippen LogP contribution is 2.33. The molecule has 1 atom stereocenters. The van der Waals surface area contributed by atoms with E-state index in [4.69, 9.17) is 14.2 Å². The number of aryl methyl sites for hydroxylation is 1. The Labute approximate surface area is 186 Å². The van der Waals surface area contributed by atoms with Crippen molar-refractivity contribution < 1.29 is 23.8 Å². The maximum Gasteiger partial charge on any atom is 0.242 e. The number of rotatable bonds is 8. The maximum atomic E-state index is 13.3. The van der Waals surface area contributed by atoms with Crippen LogP contribution >= 0.6 is 11.3 Å². The number of nitrogens with zero attached hydrogens (tertiary/aromatic N) is 2. The summed E-state index contributed by atoms with van der Waals surface area (Å²) in [7, 11) is 0. The average molecular weight is 445 g/mol. The lowest BCUT2D eigenvalue weighted by molar-refractivity contribution is -0.141. The second kappa shape index (κ2) is 9.70. The maximum absolute atomic E-state index is 13.3. The SMILES string of the molecule is CC(=O)N(CC(=O)N(Cc1ccc2c(c1)OCO2)Cc1sccc1C)CC1CCCO1. The molecule has 2 aliphatic heterocycles. The number of benzene rings is 1. The van der Waals surface area contributed by atoms with Gasteiger partial charge in [-0.05, 0) is 54.5 Å². The molecule has 3 heterocycles.